The van der Waals surface area contributed by atoms with Gasteiger partial charge in [-0.15, -0.1) is 11.3 Å². The van der Waals surface area contributed by atoms with Gasteiger partial charge in [0.1, 0.15) is 24.1 Å². The number of aliphatic hydroxyl groups is 3. The van der Waals surface area contributed by atoms with Gasteiger partial charge in [0, 0.05) is 4.88 Å². The molecule has 4 N–H and O–H groups in total. The topological polar surface area (TPSA) is 147 Å². The minimum Gasteiger partial charge on any atom is -0.497 e. The zero-order chi connectivity index (χ0) is 21.4. The Morgan fingerprint density at radius 3 is 2.47 bits per heavy atom. The van der Waals surface area contributed by atoms with Crippen molar-refractivity contribution in [2.45, 2.75) is 24.5 Å². The van der Waals surface area contributed by atoms with Gasteiger partial charge in [-0.05, 0) is 42.0 Å². The second-order valence-electron chi connectivity index (χ2n) is 6.67. The third-order valence-electron chi connectivity index (χ3n) is 4.82. The van der Waals surface area contributed by atoms with Crippen molar-refractivity contribution in [3.63, 3.8) is 0 Å². The van der Waals surface area contributed by atoms with Gasteiger partial charge in [0.25, 0.3) is 5.56 Å². The monoisotopic (exact) mass is 433 g/mol. The zero-order valence-electron chi connectivity index (χ0n) is 15.8. The number of aromatic nitrogens is 3. The molecule has 0 radical (unpaired) electrons. The maximum Gasteiger partial charge on any atom is 0.347 e. The summed E-state index contributed by atoms with van der Waals surface area (Å²) in [7, 11) is 1.58. The predicted octanol–water partition coefficient (Wildman–Crippen LogP) is -0.0528. The molecule has 3 aromatic rings. The molecular formula is C19H19N3O7S. The number of thiophene rings is 1. The molecule has 3 heterocycles. The van der Waals surface area contributed by atoms with E-state index in [1.165, 1.54) is 11.3 Å². The van der Waals surface area contributed by atoms with Crippen molar-refractivity contribution in [1.82, 2.24) is 14.8 Å². The molecule has 158 valence electrons. The van der Waals surface area contributed by atoms with E-state index >= 15 is 0 Å². The molecule has 4 atom stereocenters. The van der Waals surface area contributed by atoms with Crippen LogP contribution in [0.3, 0.4) is 0 Å². The Morgan fingerprint density at radius 1 is 1.13 bits per heavy atom. The quantitative estimate of drug-likeness (QED) is 0.438. The Balaban J connectivity index is 1.70. The molecule has 2 aromatic heterocycles. The Kier molecular flexibility index (Phi) is 5.54. The van der Waals surface area contributed by atoms with Crippen LogP contribution in [-0.2, 0) is 4.74 Å². The first-order chi connectivity index (χ1) is 14.4. The van der Waals surface area contributed by atoms with Crippen LogP contribution in [0.15, 0.2) is 46.0 Å². The number of aliphatic hydroxyl groups excluding tert-OH is 3. The highest BCUT2D eigenvalue weighted by Crippen LogP contribution is 2.33. The Bertz CT molecular complexity index is 1150. The van der Waals surface area contributed by atoms with Crippen LogP contribution < -0.4 is 16.0 Å². The molecule has 1 aromatic carbocycles. The van der Waals surface area contributed by atoms with Gasteiger partial charge in [0.2, 0.25) is 0 Å². The molecule has 1 aliphatic rings. The first-order valence-corrected chi connectivity index (χ1v) is 9.85. The first kappa shape index (κ1) is 20.4. The van der Waals surface area contributed by atoms with Crippen LogP contribution in [0.2, 0.25) is 0 Å². The van der Waals surface area contributed by atoms with Gasteiger partial charge in [0.05, 0.1) is 18.6 Å². The molecule has 30 heavy (non-hydrogen) atoms. The number of H-pyrrole nitrogens is 1. The van der Waals surface area contributed by atoms with E-state index in [9.17, 15) is 24.9 Å². The van der Waals surface area contributed by atoms with Crippen molar-refractivity contribution >= 4 is 11.3 Å². The molecule has 1 fully saturated rings. The van der Waals surface area contributed by atoms with Crippen molar-refractivity contribution < 1.29 is 24.8 Å². The summed E-state index contributed by atoms with van der Waals surface area (Å²) in [5.74, 6) is 0.721. The third-order valence-corrected chi connectivity index (χ3v) is 5.96. The fraction of sp³-hybridized carbons (Fsp3) is 0.316. The minimum atomic E-state index is -1.50. The van der Waals surface area contributed by atoms with Crippen LogP contribution in [-0.4, -0.2) is 62.1 Å². The number of hydrogen-bond acceptors (Lipinski definition) is 9. The van der Waals surface area contributed by atoms with Gasteiger partial charge in [0.15, 0.2) is 11.9 Å². The van der Waals surface area contributed by atoms with E-state index in [0.29, 0.717) is 4.88 Å². The molecule has 11 heteroatoms. The lowest BCUT2D eigenvalue weighted by atomic mass is 10.1. The largest absolute Gasteiger partial charge is 0.497 e. The second kappa shape index (κ2) is 8.13. The van der Waals surface area contributed by atoms with E-state index < -0.39 is 42.4 Å². The highest BCUT2D eigenvalue weighted by atomic mass is 32.1. The summed E-state index contributed by atoms with van der Waals surface area (Å²) in [5, 5.41) is 33.4. The van der Waals surface area contributed by atoms with Gasteiger partial charge in [-0.25, -0.2) is 4.79 Å². The predicted molar refractivity (Wildman–Crippen MR) is 107 cm³/mol. The lowest BCUT2D eigenvalue weighted by Crippen LogP contribution is -2.40. The van der Waals surface area contributed by atoms with E-state index in [1.54, 1.807) is 13.2 Å². The minimum absolute atomic E-state index is 0.0305. The maximum absolute atomic E-state index is 12.4. The smallest absolute Gasteiger partial charge is 0.347 e. The van der Waals surface area contributed by atoms with Crippen molar-refractivity contribution in [3.05, 3.63) is 57.2 Å². The van der Waals surface area contributed by atoms with E-state index in [1.807, 2.05) is 30.3 Å². The normalized spacial score (nSPS) is 23.6. The molecule has 0 bridgehead atoms. The summed E-state index contributed by atoms with van der Waals surface area (Å²) < 4.78 is 11.3. The van der Waals surface area contributed by atoms with Gasteiger partial charge >= 0.3 is 5.69 Å². The van der Waals surface area contributed by atoms with E-state index in [2.05, 4.69) is 10.1 Å². The molecule has 0 aliphatic carbocycles. The van der Waals surface area contributed by atoms with Gasteiger partial charge in [-0.3, -0.25) is 9.78 Å². The van der Waals surface area contributed by atoms with Crippen molar-refractivity contribution in [3.8, 4) is 26.8 Å². The van der Waals surface area contributed by atoms with Crippen LogP contribution in [0, 0.1) is 0 Å². The Labute approximate surface area is 173 Å². The van der Waals surface area contributed by atoms with Crippen LogP contribution in [0.5, 0.6) is 5.75 Å². The number of nitrogens with one attached hydrogen (secondary N) is 1. The number of methoxy groups -OCH3 is 1. The van der Waals surface area contributed by atoms with Gasteiger partial charge in [-0.1, -0.05) is 0 Å². The fourth-order valence-electron chi connectivity index (χ4n) is 3.20. The van der Waals surface area contributed by atoms with Crippen molar-refractivity contribution in [2.75, 3.05) is 13.7 Å². The van der Waals surface area contributed by atoms with E-state index in [-0.39, 0.29) is 5.69 Å². The Hall–Kier alpha value is -2.83. The highest BCUT2D eigenvalue weighted by Gasteiger charge is 2.44. The van der Waals surface area contributed by atoms with Gasteiger partial charge < -0.3 is 24.8 Å². The lowest BCUT2D eigenvalue weighted by Gasteiger charge is -2.16. The second-order valence-corrected chi connectivity index (χ2v) is 7.76. The number of aromatic amines is 1. The number of nitrogens with zero attached hydrogens (tertiary/aromatic N) is 2. The third kappa shape index (κ3) is 3.57. The molecule has 0 spiro atoms. The summed E-state index contributed by atoms with van der Waals surface area (Å²) in [6.07, 6.45) is -5.31. The summed E-state index contributed by atoms with van der Waals surface area (Å²) in [6.45, 7) is -0.546. The summed E-state index contributed by atoms with van der Waals surface area (Å²) in [4.78, 5) is 28.2. The lowest BCUT2D eigenvalue weighted by molar-refractivity contribution is -0.0616. The molecule has 10 nitrogen and oxygen atoms in total. The molecule has 0 unspecified atom stereocenters. The van der Waals surface area contributed by atoms with Crippen molar-refractivity contribution in [1.29, 1.82) is 0 Å². The SMILES string of the molecule is COc1ccc(-c2ccc(-c3nn([C@@H]4O[C@H](CO)[C@@H](O)[C@H]4O)c(=O)[nH]c3=O)s2)cc1. The number of ether oxygens (including phenoxy) is 2. The zero-order valence-corrected chi connectivity index (χ0v) is 16.6. The number of benzene rings is 1. The van der Waals surface area contributed by atoms with E-state index in [4.69, 9.17) is 9.47 Å². The van der Waals surface area contributed by atoms with Crippen LogP contribution in [0.25, 0.3) is 21.0 Å². The maximum atomic E-state index is 12.4. The summed E-state index contributed by atoms with van der Waals surface area (Å²) >= 11 is 1.30. The molecule has 0 amide bonds. The van der Waals surface area contributed by atoms with E-state index in [0.717, 1.165) is 20.9 Å². The van der Waals surface area contributed by atoms with Gasteiger partial charge in [-0.2, -0.15) is 9.78 Å². The average Bonchev–Trinajstić information content (AvgIpc) is 3.34. The molecule has 1 saturated heterocycles. The fourth-order valence-corrected chi connectivity index (χ4v) is 4.20. The molecule has 4 rings (SSSR count). The highest BCUT2D eigenvalue weighted by molar-refractivity contribution is 7.18. The molecular weight excluding hydrogens is 414 g/mol. The molecule has 0 saturated carbocycles. The number of rotatable bonds is 5. The Morgan fingerprint density at radius 2 is 1.83 bits per heavy atom. The average molecular weight is 433 g/mol. The first-order valence-electron chi connectivity index (χ1n) is 9.03. The van der Waals surface area contributed by atoms with Crippen molar-refractivity contribution in [2.24, 2.45) is 0 Å². The molecule has 1 aliphatic heterocycles. The standard InChI is InChI=1S/C19H19N3O7S/c1-28-10-4-2-9(3-5-10)12-6-7-13(30-12)14-17(26)20-19(27)22(21-14)18-16(25)15(24)11(8-23)29-18/h2-7,11,15-16,18,23-25H,8H2,1H3,(H,20,26,27)/t11-,15-,16-,18-/m1/s1. The van der Waals surface area contributed by atoms with Crippen LogP contribution >= 0.6 is 11.3 Å². The van der Waals surface area contributed by atoms with Crippen LogP contribution in [0.1, 0.15) is 6.23 Å². The van der Waals surface area contributed by atoms with Crippen LogP contribution in [0.4, 0.5) is 0 Å². The summed E-state index contributed by atoms with van der Waals surface area (Å²) in [6, 6.07) is 10.9. The number of hydrogen-bond donors (Lipinski definition) is 4. The summed E-state index contributed by atoms with van der Waals surface area (Å²) in [5.41, 5.74) is -0.700.